The number of carbonyl (C=O) groups is 3. The number of nitrogens with one attached hydrogen (secondary N) is 1. The summed E-state index contributed by atoms with van der Waals surface area (Å²) < 4.78 is 34.9. The van der Waals surface area contributed by atoms with E-state index >= 15 is 0 Å². The van der Waals surface area contributed by atoms with E-state index in [0.29, 0.717) is 10.6 Å². The number of nitrogens with two attached hydrogens (primary N) is 1. The van der Waals surface area contributed by atoms with Gasteiger partial charge in [-0.05, 0) is 18.4 Å². The predicted molar refractivity (Wildman–Crippen MR) is 89.9 cm³/mol. The van der Waals surface area contributed by atoms with Crippen LogP contribution in [0.25, 0.3) is 0 Å². The number of rotatable bonds is 6. The number of hydrogen-bond donors (Lipinski definition) is 3. The van der Waals surface area contributed by atoms with Crippen LogP contribution in [-0.2, 0) is 24.3 Å². The number of benzene rings is 1. The number of amides is 4. The Morgan fingerprint density at radius 2 is 1.93 bits per heavy atom. The molecule has 2 aliphatic rings. The summed E-state index contributed by atoms with van der Waals surface area (Å²) in [6, 6.07) is 4.94. The average Bonchev–Trinajstić information content (AvgIpc) is 2.83. The molecule has 1 aromatic carbocycles. The van der Waals surface area contributed by atoms with Crippen molar-refractivity contribution in [1.29, 1.82) is 0 Å². The second-order valence-electron chi connectivity index (χ2n) is 6.26. The zero-order chi connectivity index (χ0) is 19.8. The summed E-state index contributed by atoms with van der Waals surface area (Å²) in [6.45, 7) is 0.0546. The lowest BCUT2D eigenvalue weighted by Gasteiger charge is -2.30. The molecule has 2 saturated heterocycles. The number of fused-ring (bicyclic) bond motifs is 2. The first kappa shape index (κ1) is 19.1. The zero-order valence-electron chi connectivity index (χ0n) is 14.0. The van der Waals surface area contributed by atoms with Gasteiger partial charge in [-0.15, -0.1) is 4.28 Å². The highest BCUT2D eigenvalue weighted by molar-refractivity contribution is 7.80. The normalized spacial score (nSPS) is 23.2. The highest BCUT2D eigenvalue weighted by atomic mass is 32.3. The fraction of sp³-hybridized carbons (Fsp3) is 0.400. The lowest BCUT2D eigenvalue weighted by molar-refractivity contribution is -0.130. The molecule has 2 fully saturated rings. The first-order chi connectivity index (χ1) is 12.7. The van der Waals surface area contributed by atoms with Crippen LogP contribution < -0.4 is 11.1 Å². The second-order valence-corrected chi connectivity index (χ2v) is 7.27. The number of piperidine rings is 1. The van der Waals surface area contributed by atoms with Crippen molar-refractivity contribution in [2.75, 3.05) is 6.54 Å². The van der Waals surface area contributed by atoms with Gasteiger partial charge in [0.25, 0.3) is 0 Å². The Kier molecular flexibility index (Phi) is 5.04. The van der Waals surface area contributed by atoms with E-state index in [1.807, 2.05) is 0 Å². The monoisotopic (exact) mass is 398 g/mol. The van der Waals surface area contributed by atoms with Crippen molar-refractivity contribution in [3.63, 3.8) is 0 Å². The van der Waals surface area contributed by atoms with E-state index in [2.05, 4.69) is 9.60 Å². The Bertz CT molecular complexity index is 860. The number of hydrogen-bond acceptors (Lipinski definition) is 6. The third-order valence-corrected chi connectivity index (χ3v) is 4.85. The molecule has 2 aliphatic heterocycles. The molecule has 2 unspecified atom stereocenters. The van der Waals surface area contributed by atoms with Crippen LogP contribution in [0, 0.1) is 0 Å². The van der Waals surface area contributed by atoms with Crippen molar-refractivity contribution in [2.24, 2.45) is 5.73 Å². The van der Waals surface area contributed by atoms with Crippen molar-refractivity contribution in [3.05, 3.63) is 35.9 Å². The van der Waals surface area contributed by atoms with E-state index in [1.54, 1.807) is 30.3 Å². The van der Waals surface area contributed by atoms with Gasteiger partial charge in [-0.25, -0.2) is 4.79 Å². The fourth-order valence-corrected chi connectivity index (χ4v) is 3.70. The molecule has 27 heavy (non-hydrogen) atoms. The molecule has 12 heteroatoms. The van der Waals surface area contributed by atoms with Crippen LogP contribution in [0.3, 0.4) is 0 Å². The molecule has 0 aliphatic carbocycles. The van der Waals surface area contributed by atoms with E-state index in [1.165, 1.54) is 0 Å². The van der Waals surface area contributed by atoms with Gasteiger partial charge in [0.1, 0.15) is 12.1 Å². The lowest BCUT2D eigenvalue weighted by Crippen LogP contribution is -2.51. The summed E-state index contributed by atoms with van der Waals surface area (Å²) in [6.07, 6.45) is 0.510. The zero-order valence-corrected chi connectivity index (χ0v) is 14.8. The third kappa shape index (κ3) is 4.02. The van der Waals surface area contributed by atoms with Crippen LogP contribution in [-0.4, -0.2) is 59.4 Å². The van der Waals surface area contributed by atoms with Crippen LogP contribution in [0.1, 0.15) is 24.4 Å². The van der Waals surface area contributed by atoms with Crippen molar-refractivity contribution in [1.82, 2.24) is 15.3 Å². The van der Waals surface area contributed by atoms with Gasteiger partial charge >= 0.3 is 16.4 Å². The minimum Gasteiger partial charge on any atom is -0.368 e. The predicted octanol–water partition coefficient (Wildman–Crippen LogP) is -0.668. The van der Waals surface area contributed by atoms with E-state index in [0.717, 1.165) is 4.90 Å². The summed E-state index contributed by atoms with van der Waals surface area (Å²) >= 11 is 0. The maximum atomic E-state index is 12.7. The largest absolute Gasteiger partial charge is 0.418 e. The Balaban J connectivity index is 1.74. The van der Waals surface area contributed by atoms with Crippen molar-refractivity contribution in [2.45, 2.75) is 31.0 Å². The van der Waals surface area contributed by atoms with Crippen molar-refractivity contribution in [3.8, 4) is 0 Å². The van der Waals surface area contributed by atoms with E-state index < -0.39 is 46.4 Å². The number of carbonyl (C=O) groups excluding carboxylic acids is 3. The minimum absolute atomic E-state index is 0.0546. The van der Waals surface area contributed by atoms with Gasteiger partial charge in [-0.3, -0.25) is 14.1 Å². The van der Waals surface area contributed by atoms with Gasteiger partial charge in [0.2, 0.25) is 11.8 Å². The minimum atomic E-state index is -4.87. The number of urea groups is 1. The first-order valence-corrected chi connectivity index (χ1v) is 9.45. The molecule has 2 bridgehead atoms. The molecule has 146 valence electrons. The van der Waals surface area contributed by atoms with Crippen LogP contribution in [0.2, 0.25) is 0 Å². The highest BCUT2D eigenvalue weighted by Gasteiger charge is 2.49. The topological polar surface area (TPSA) is 159 Å². The van der Waals surface area contributed by atoms with E-state index in [9.17, 15) is 22.8 Å². The van der Waals surface area contributed by atoms with Crippen molar-refractivity contribution >= 4 is 28.2 Å². The average molecular weight is 398 g/mol. The molecule has 11 nitrogen and oxygen atoms in total. The molecular formula is C15H18N4O7S. The van der Waals surface area contributed by atoms with Crippen LogP contribution >= 0.6 is 0 Å². The van der Waals surface area contributed by atoms with Crippen molar-refractivity contribution < 1.29 is 31.6 Å². The van der Waals surface area contributed by atoms with E-state index in [-0.39, 0.29) is 19.4 Å². The standard InChI is InChI=1S/C15H18N4O7S/c16-13(20)12(9-4-2-1-3-5-9)17-14(21)11-7-6-10-8-18(11)15(22)19(10)26-27(23,24)25/h1-5,10-12H,6-8H2,(H2,16,20)(H,17,21)(H,23,24,25)/t10-,11?,12?/m1/s1. The number of hydroxylamine groups is 2. The molecule has 0 aromatic heterocycles. The third-order valence-electron chi connectivity index (χ3n) is 4.50. The molecule has 1 aromatic rings. The maximum Gasteiger partial charge on any atom is 0.418 e. The molecular weight excluding hydrogens is 380 g/mol. The molecule has 3 atom stereocenters. The second kappa shape index (κ2) is 7.13. The molecule has 0 spiro atoms. The Labute approximate surface area is 155 Å². The SMILES string of the molecule is NC(=O)C(NC(=O)C1CC[C@@H]2CN1C(=O)N2OS(=O)(=O)O)c1ccccc1. The summed E-state index contributed by atoms with van der Waals surface area (Å²) in [5.74, 6) is -1.35. The summed E-state index contributed by atoms with van der Waals surface area (Å²) in [7, 11) is -4.87. The summed E-state index contributed by atoms with van der Waals surface area (Å²) in [5.41, 5.74) is 5.88. The summed E-state index contributed by atoms with van der Waals surface area (Å²) in [5, 5.41) is 3.08. The molecule has 0 radical (unpaired) electrons. The van der Waals surface area contributed by atoms with Crippen LogP contribution in [0.15, 0.2) is 30.3 Å². The Morgan fingerprint density at radius 1 is 1.26 bits per heavy atom. The van der Waals surface area contributed by atoms with Crippen LogP contribution in [0.5, 0.6) is 0 Å². The quantitative estimate of drug-likeness (QED) is 0.536. The van der Waals surface area contributed by atoms with Crippen LogP contribution in [0.4, 0.5) is 4.79 Å². The smallest absolute Gasteiger partial charge is 0.368 e. The Morgan fingerprint density at radius 3 is 2.52 bits per heavy atom. The summed E-state index contributed by atoms with van der Waals surface area (Å²) in [4.78, 5) is 37.9. The van der Waals surface area contributed by atoms with E-state index in [4.69, 9.17) is 10.3 Å². The van der Waals surface area contributed by atoms with Gasteiger partial charge in [0.05, 0.1) is 6.04 Å². The number of nitrogens with zero attached hydrogens (tertiary/aromatic N) is 2. The van der Waals surface area contributed by atoms with Gasteiger partial charge in [-0.2, -0.15) is 13.5 Å². The molecule has 2 heterocycles. The first-order valence-electron chi connectivity index (χ1n) is 8.09. The molecule has 0 saturated carbocycles. The molecule has 4 amide bonds. The van der Waals surface area contributed by atoms with Gasteiger partial charge in [0, 0.05) is 6.54 Å². The highest BCUT2D eigenvalue weighted by Crippen LogP contribution is 2.31. The Hall–Kier alpha value is -2.70. The maximum absolute atomic E-state index is 12.7. The number of primary amides is 1. The fourth-order valence-electron chi connectivity index (χ4n) is 3.31. The lowest BCUT2D eigenvalue weighted by atomic mass is 9.99. The molecule has 4 N–H and O–H groups in total. The van der Waals surface area contributed by atoms with Gasteiger partial charge < -0.3 is 16.0 Å². The van der Waals surface area contributed by atoms with Gasteiger partial charge in [0.15, 0.2) is 0 Å². The molecule has 3 rings (SSSR count). The van der Waals surface area contributed by atoms with Gasteiger partial charge in [-0.1, -0.05) is 30.3 Å².